The Morgan fingerprint density at radius 3 is 2.21 bits per heavy atom. The number of methoxy groups -OCH3 is 1. The van der Waals surface area contributed by atoms with Crippen molar-refractivity contribution in [2.75, 3.05) is 7.11 Å². The van der Waals surface area contributed by atoms with Crippen LogP contribution in [0.1, 0.15) is 23.6 Å². The van der Waals surface area contributed by atoms with E-state index in [9.17, 15) is 9.59 Å². The van der Waals surface area contributed by atoms with E-state index in [1.54, 1.807) is 12.1 Å². The van der Waals surface area contributed by atoms with Crippen molar-refractivity contribution >= 4 is 11.9 Å². The molecule has 0 saturated carbocycles. The van der Waals surface area contributed by atoms with Crippen LogP contribution in [0.5, 0.6) is 5.75 Å². The van der Waals surface area contributed by atoms with E-state index in [1.807, 2.05) is 13.8 Å². The number of rotatable bonds is 4. The Balaban J connectivity index is 2.97. The van der Waals surface area contributed by atoms with Gasteiger partial charge in [0.15, 0.2) is 0 Å². The lowest BCUT2D eigenvalue weighted by Gasteiger charge is -2.15. The van der Waals surface area contributed by atoms with Crippen LogP contribution in [-0.2, 0) is 20.7 Å². The molecule has 0 aliphatic carbocycles. The summed E-state index contributed by atoms with van der Waals surface area (Å²) in [5.41, 5.74) is 8.58. The lowest BCUT2D eigenvalue weighted by Crippen LogP contribution is -2.34. The number of nitrogens with two attached hydrogens (primary N) is 1. The number of carbonyl (C=O) groups is 2. The smallest absolute Gasteiger partial charge is 0.322 e. The second-order valence-electron chi connectivity index (χ2n) is 4.46. The van der Waals surface area contributed by atoms with Gasteiger partial charge >= 0.3 is 11.9 Å². The predicted octanol–water partition coefficient (Wildman–Crippen LogP) is 1.27. The summed E-state index contributed by atoms with van der Waals surface area (Å²) >= 11 is 0. The zero-order valence-corrected chi connectivity index (χ0v) is 11.6. The van der Waals surface area contributed by atoms with Crippen molar-refractivity contribution < 1.29 is 19.1 Å². The number of benzene rings is 1. The summed E-state index contributed by atoms with van der Waals surface area (Å²) in [5, 5.41) is 0. The molecule has 0 aromatic heterocycles. The van der Waals surface area contributed by atoms with Gasteiger partial charge in [0.2, 0.25) is 0 Å². The van der Waals surface area contributed by atoms with Crippen LogP contribution in [0.3, 0.4) is 0 Å². The average molecular weight is 265 g/mol. The fraction of sp³-hybridized carbons (Fsp3) is 0.429. The molecule has 0 heterocycles. The van der Waals surface area contributed by atoms with Crippen molar-refractivity contribution in [2.45, 2.75) is 33.2 Å². The lowest BCUT2D eigenvalue weighted by atomic mass is 9.96. The van der Waals surface area contributed by atoms with Gasteiger partial charge in [-0.3, -0.25) is 9.59 Å². The summed E-state index contributed by atoms with van der Waals surface area (Å²) < 4.78 is 9.65. The highest BCUT2D eigenvalue weighted by molar-refractivity contribution is 5.76. The highest BCUT2D eigenvalue weighted by Crippen LogP contribution is 2.23. The summed E-state index contributed by atoms with van der Waals surface area (Å²) in [4.78, 5) is 22.3. The molecule has 0 aliphatic rings. The van der Waals surface area contributed by atoms with E-state index in [-0.39, 0.29) is 5.97 Å². The topological polar surface area (TPSA) is 78.6 Å². The molecule has 5 heteroatoms. The molecule has 0 radical (unpaired) electrons. The van der Waals surface area contributed by atoms with E-state index in [4.69, 9.17) is 10.5 Å². The molecule has 1 rings (SSSR count). The quantitative estimate of drug-likeness (QED) is 0.655. The Hall–Kier alpha value is -1.88. The normalized spacial score (nSPS) is 11.8. The minimum atomic E-state index is -0.693. The van der Waals surface area contributed by atoms with Crippen LogP contribution in [0, 0.1) is 13.8 Å². The van der Waals surface area contributed by atoms with Crippen LogP contribution >= 0.6 is 0 Å². The molecule has 1 aromatic rings. The summed E-state index contributed by atoms with van der Waals surface area (Å²) in [7, 11) is 1.31. The molecule has 1 unspecified atom stereocenters. The van der Waals surface area contributed by atoms with Gasteiger partial charge in [-0.15, -0.1) is 0 Å². The summed E-state index contributed by atoms with van der Waals surface area (Å²) in [6.07, 6.45) is 0.394. The van der Waals surface area contributed by atoms with Crippen molar-refractivity contribution in [3.05, 3.63) is 28.8 Å². The van der Waals surface area contributed by atoms with Crippen LogP contribution in [0.4, 0.5) is 0 Å². The fourth-order valence-corrected chi connectivity index (χ4v) is 1.96. The van der Waals surface area contributed by atoms with Crippen LogP contribution in [0.2, 0.25) is 0 Å². The zero-order valence-electron chi connectivity index (χ0n) is 11.6. The van der Waals surface area contributed by atoms with Crippen LogP contribution in [-0.4, -0.2) is 25.1 Å². The summed E-state index contributed by atoms with van der Waals surface area (Å²) in [5.74, 6) is -0.307. The number of carbonyl (C=O) groups excluding carboxylic acids is 2. The molecule has 0 aliphatic heterocycles. The van der Waals surface area contributed by atoms with Crippen molar-refractivity contribution in [1.82, 2.24) is 0 Å². The second-order valence-corrected chi connectivity index (χ2v) is 4.46. The number of hydrogen-bond acceptors (Lipinski definition) is 5. The Morgan fingerprint density at radius 1 is 1.26 bits per heavy atom. The third kappa shape index (κ3) is 4.06. The lowest BCUT2D eigenvalue weighted by molar-refractivity contribution is -0.142. The number of esters is 2. The van der Waals surface area contributed by atoms with Crippen LogP contribution in [0.25, 0.3) is 0 Å². The first-order valence-electron chi connectivity index (χ1n) is 5.97. The van der Waals surface area contributed by atoms with Gasteiger partial charge < -0.3 is 15.2 Å². The molecular formula is C14H19NO4. The van der Waals surface area contributed by atoms with Gasteiger partial charge in [-0.25, -0.2) is 0 Å². The molecule has 5 nitrogen and oxygen atoms in total. The average Bonchev–Trinajstić information content (AvgIpc) is 2.31. The number of aryl methyl sites for hydroxylation is 2. The molecule has 19 heavy (non-hydrogen) atoms. The van der Waals surface area contributed by atoms with Gasteiger partial charge in [-0.1, -0.05) is 0 Å². The van der Waals surface area contributed by atoms with E-state index < -0.39 is 12.0 Å². The largest absolute Gasteiger partial charge is 0.468 e. The van der Waals surface area contributed by atoms with Crippen LogP contribution < -0.4 is 10.5 Å². The molecule has 0 bridgehead atoms. The minimum absolute atomic E-state index is 0.363. The first-order valence-corrected chi connectivity index (χ1v) is 5.97. The van der Waals surface area contributed by atoms with Crippen molar-refractivity contribution in [2.24, 2.45) is 5.73 Å². The van der Waals surface area contributed by atoms with E-state index in [2.05, 4.69) is 4.74 Å². The molecule has 104 valence electrons. The first-order chi connectivity index (χ1) is 8.85. The zero-order chi connectivity index (χ0) is 14.6. The Labute approximate surface area is 112 Å². The third-order valence-corrected chi connectivity index (χ3v) is 2.86. The molecule has 0 spiro atoms. The Bertz CT molecular complexity index is 473. The Morgan fingerprint density at radius 2 is 1.79 bits per heavy atom. The SMILES string of the molecule is COC(=O)C(N)Cc1c(C)cc(OC(C)=O)cc1C. The van der Waals surface area contributed by atoms with E-state index >= 15 is 0 Å². The van der Waals surface area contributed by atoms with Crippen molar-refractivity contribution in [3.63, 3.8) is 0 Å². The minimum Gasteiger partial charge on any atom is -0.468 e. The predicted molar refractivity (Wildman–Crippen MR) is 70.9 cm³/mol. The van der Waals surface area contributed by atoms with Gasteiger partial charge in [0.1, 0.15) is 11.8 Å². The number of ether oxygens (including phenoxy) is 2. The van der Waals surface area contributed by atoms with Crippen molar-refractivity contribution in [3.8, 4) is 5.75 Å². The first kappa shape index (κ1) is 15.2. The van der Waals surface area contributed by atoms with Gasteiger partial charge in [-0.2, -0.15) is 0 Å². The van der Waals surface area contributed by atoms with Crippen LogP contribution in [0.15, 0.2) is 12.1 Å². The molecule has 0 saturated heterocycles. The molecule has 1 aromatic carbocycles. The molecule has 0 amide bonds. The monoisotopic (exact) mass is 265 g/mol. The maximum atomic E-state index is 11.3. The highest BCUT2D eigenvalue weighted by Gasteiger charge is 2.17. The third-order valence-electron chi connectivity index (χ3n) is 2.86. The second kappa shape index (κ2) is 6.33. The maximum absolute atomic E-state index is 11.3. The molecular weight excluding hydrogens is 246 g/mol. The Kier molecular flexibility index (Phi) is 5.06. The molecule has 1 atom stereocenters. The molecule has 0 fully saturated rings. The standard InChI is InChI=1S/C14H19NO4/c1-8-5-11(19-10(3)16)6-9(2)12(8)7-13(15)14(17)18-4/h5-6,13H,7,15H2,1-4H3. The van der Waals surface area contributed by atoms with Gasteiger partial charge in [0, 0.05) is 6.92 Å². The fourth-order valence-electron chi connectivity index (χ4n) is 1.96. The summed E-state index contributed by atoms with van der Waals surface area (Å²) in [6, 6.07) is 2.82. The van der Waals surface area contributed by atoms with E-state index in [0.717, 1.165) is 16.7 Å². The molecule has 2 N–H and O–H groups in total. The van der Waals surface area contributed by atoms with E-state index in [0.29, 0.717) is 12.2 Å². The van der Waals surface area contributed by atoms with Crippen molar-refractivity contribution in [1.29, 1.82) is 0 Å². The van der Waals surface area contributed by atoms with Gasteiger partial charge in [-0.05, 0) is 49.1 Å². The van der Waals surface area contributed by atoms with Gasteiger partial charge in [0.05, 0.1) is 7.11 Å². The summed E-state index contributed by atoms with van der Waals surface area (Å²) in [6.45, 7) is 5.13. The van der Waals surface area contributed by atoms with E-state index in [1.165, 1.54) is 14.0 Å². The number of hydrogen-bond donors (Lipinski definition) is 1. The van der Waals surface area contributed by atoms with Gasteiger partial charge in [0.25, 0.3) is 0 Å². The highest BCUT2D eigenvalue weighted by atomic mass is 16.5. The maximum Gasteiger partial charge on any atom is 0.322 e.